The first-order valence-corrected chi connectivity index (χ1v) is 8.54. The van der Waals surface area contributed by atoms with Crippen LogP contribution < -0.4 is 0 Å². The van der Waals surface area contributed by atoms with Gasteiger partial charge in [-0.15, -0.1) is 0 Å². The van der Waals surface area contributed by atoms with Crippen molar-refractivity contribution in [3.8, 4) is 0 Å². The molecule has 0 aromatic rings. The molecule has 0 aromatic carbocycles. The quantitative estimate of drug-likeness (QED) is 0.495. The smallest absolute Gasteiger partial charge is 0.339 e. The first kappa shape index (κ1) is 19.7. The summed E-state index contributed by atoms with van der Waals surface area (Å²) in [5.74, 6) is -1.60. The van der Waals surface area contributed by atoms with E-state index >= 15 is 0 Å². The van der Waals surface area contributed by atoms with E-state index in [4.69, 9.17) is 23.7 Å². The second kappa shape index (κ2) is 8.14. The number of hydrogen-bond acceptors (Lipinski definition) is 8. The predicted molar refractivity (Wildman–Crippen MR) is 84.2 cm³/mol. The molecule has 0 bridgehead atoms. The van der Waals surface area contributed by atoms with Crippen LogP contribution in [0.2, 0.25) is 0 Å². The summed E-state index contributed by atoms with van der Waals surface area (Å²) >= 11 is 0. The van der Waals surface area contributed by atoms with Crippen LogP contribution in [0.15, 0.2) is 0 Å². The van der Waals surface area contributed by atoms with Gasteiger partial charge in [0.15, 0.2) is 18.5 Å². The second-order valence-electron chi connectivity index (χ2n) is 6.92. The van der Waals surface area contributed by atoms with Crippen molar-refractivity contribution in [1.82, 2.24) is 0 Å². The van der Waals surface area contributed by atoms with Gasteiger partial charge in [0.1, 0.15) is 0 Å². The van der Waals surface area contributed by atoms with E-state index in [-0.39, 0.29) is 36.6 Å². The summed E-state index contributed by atoms with van der Waals surface area (Å²) in [4.78, 5) is 35.4. The Balaban J connectivity index is 1.99. The Morgan fingerprint density at radius 2 is 1.44 bits per heavy atom. The molecule has 4 atom stereocenters. The van der Waals surface area contributed by atoms with E-state index in [1.54, 1.807) is 27.7 Å². The first-order chi connectivity index (χ1) is 11.7. The van der Waals surface area contributed by atoms with Crippen LogP contribution >= 0.6 is 0 Å². The topological polar surface area (TPSA) is 97.4 Å². The molecular weight excluding hydrogens is 332 g/mol. The average molecular weight is 358 g/mol. The molecule has 2 fully saturated rings. The zero-order chi connectivity index (χ0) is 18.7. The van der Waals surface area contributed by atoms with Crippen molar-refractivity contribution >= 4 is 17.9 Å². The fourth-order valence-electron chi connectivity index (χ4n) is 2.64. The van der Waals surface area contributed by atoms with Crippen LogP contribution in [0.1, 0.15) is 41.0 Å². The van der Waals surface area contributed by atoms with E-state index < -0.39 is 30.4 Å². The third-order valence-electron chi connectivity index (χ3n) is 3.83. The minimum atomic E-state index is -1.16. The lowest BCUT2D eigenvalue weighted by atomic mass is 10.2. The lowest BCUT2D eigenvalue weighted by Crippen LogP contribution is -2.40. The van der Waals surface area contributed by atoms with Gasteiger partial charge < -0.3 is 23.7 Å². The molecule has 0 N–H and O–H groups in total. The molecule has 0 spiro atoms. The summed E-state index contributed by atoms with van der Waals surface area (Å²) < 4.78 is 26.6. The van der Waals surface area contributed by atoms with Crippen LogP contribution in [0.5, 0.6) is 0 Å². The van der Waals surface area contributed by atoms with Gasteiger partial charge in [-0.1, -0.05) is 0 Å². The zero-order valence-electron chi connectivity index (χ0n) is 15.2. The van der Waals surface area contributed by atoms with Crippen LogP contribution in [-0.2, 0) is 38.1 Å². The van der Waals surface area contributed by atoms with Gasteiger partial charge in [-0.2, -0.15) is 0 Å². The third-order valence-corrected chi connectivity index (χ3v) is 3.83. The van der Waals surface area contributed by atoms with Crippen LogP contribution in [0.25, 0.3) is 0 Å². The van der Waals surface area contributed by atoms with Crippen LogP contribution in [0, 0.1) is 11.8 Å². The maximum Gasteiger partial charge on any atom is 0.339 e. The highest BCUT2D eigenvalue weighted by molar-refractivity contribution is 5.86. The van der Waals surface area contributed by atoms with Crippen LogP contribution in [-0.4, -0.2) is 55.2 Å². The lowest BCUT2D eigenvalue weighted by Gasteiger charge is -2.17. The number of ether oxygens (including phenoxy) is 5. The fraction of sp³-hybridized carbons (Fsp3) is 0.824. The highest BCUT2D eigenvalue weighted by Crippen LogP contribution is 2.46. The summed E-state index contributed by atoms with van der Waals surface area (Å²) in [7, 11) is 0. The van der Waals surface area contributed by atoms with Gasteiger partial charge in [0.25, 0.3) is 0 Å². The molecule has 25 heavy (non-hydrogen) atoms. The van der Waals surface area contributed by atoms with E-state index in [0.29, 0.717) is 0 Å². The van der Waals surface area contributed by atoms with E-state index in [2.05, 4.69) is 0 Å². The highest BCUT2D eigenvalue weighted by Gasteiger charge is 2.55. The van der Waals surface area contributed by atoms with Gasteiger partial charge in [0, 0.05) is 18.8 Å². The molecule has 0 radical (unpaired) electrons. The van der Waals surface area contributed by atoms with Gasteiger partial charge in [-0.3, -0.25) is 4.79 Å². The van der Waals surface area contributed by atoms with Gasteiger partial charge in [0.05, 0.1) is 18.8 Å². The number of carbonyl (C=O) groups excluding carboxylic acids is 3. The molecule has 1 saturated carbocycles. The number of esters is 3. The summed E-state index contributed by atoms with van der Waals surface area (Å²) in [5, 5.41) is 0. The molecule has 0 aromatic heterocycles. The number of carbonyl (C=O) groups is 3. The van der Waals surface area contributed by atoms with Gasteiger partial charge >= 0.3 is 17.9 Å². The zero-order valence-corrected chi connectivity index (χ0v) is 15.2. The molecule has 2 aliphatic rings. The SMILES string of the molecule is CC(=O)OC[C@@H]1CC1C1O[C@@H](C(=O)OC(C)C)[C@H](C(=O)OC(C)C)O1. The van der Waals surface area contributed by atoms with E-state index in [0.717, 1.165) is 6.42 Å². The largest absolute Gasteiger partial charge is 0.466 e. The summed E-state index contributed by atoms with van der Waals surface area (Å²) in [6.45, 7) is 8.46. The maximum atomic E-state index is 12.2. The molecule has 0 amide bonds. The van der Waals surface area contributed by atoms with Crippen molar-refractivity contribution in [2.24, 2.45) is 11.8 Å². The Kier molecular flexibility index (Phi) is 6.40. The van der Waals surface area contributed by atoms with Gasteiger partial charge in [-0.05, 0) is 34.1 Å². The standard InChI is InChI=1S/C17H26O8/c1-8(2)22-15(19)13-14(16(20)23-9(3)4)25-17(24-13)12-6-11(12)7-21-10(5)18/h8-9,11-14,17H,6-7H2,1-5H3/t11-,12?,13+,14+/m0/s1. The Bertz CT molecular complexity index is 485. The lowest BCUT2D eigenvalue weighted by molar-refractivity contribution is -0.167. The third kappa shape index (κ3) is 5.40. The van der Waals surface area contributed by atoms with E-state index in [9.17, 15) is 14.4 Å². The van der Waals surface area contributed by atoms with Crippen molar-refractivity contribution in [1.29, 1.82) is 0 Å². The monoisotopic (exact) mass is 358 g/mol. The van der Waals surface area contributed by atoms with E-state index in [1.165, 1.54) is 6.92 Å². The highest BCUT2D eigenvalue weighted by atomic mass is 16.8. The molecule has 142 valence electrons. The normalized spacial score (nSPS) is 28.9. The molecular formula is C17H26O8. The van der Waals surface area contributed by atoms with Gasteiger partial charge in [-0.25, -0.2) is 9.59 Å². The minimum Gasteiger partial charge on any atom is -0.466 e. The average Bonchev–Trinajstić information content (AvgIpc) is 3.11. The summed E-state index contributed by atoms with van der Waals surface area (Å²) in [5.41, 5.74) is 0. The van der Waals surface area contributed by atoms with Gasteiger partial charge in [0.2, 0.25) is 0 Å². The first-order valence-electron chi connectivity index (χ1n) is 8.54. The molecule has 1 aliphatic heterocycles. The summed E-state index contributed by atoms with van der Waals surface area (Å²) in [6.07, 6.45) is -2.99. The predicted octanol–water partition coefficient (Wildman–Crippen LogP) is 1.20. The maximum absolute atomic E-state index is 12.2. The van der Waals surface area contributed by atoms with E-state index in [1.807, 2.05) is 0 Å². The molecule has 8 nitrogen and oxygen atoms in total. The molecule has 1 heterocycles. The second-order valence-corrected chi connectivity index (χ2v) is 6.92. The summed E-state index contributed by atoms with van der Waals surface area (Å²) in [6, 6.07) is 0. The van der Waals surface area contributed by atoms with Crippen LogP contribution in [0.3, 0.4) is 0 Å². The van der Waals surface area contributed by atoms with Crippen molar-refractivity contribution < 1.29 is 38.1 Å². The van der Waals surface area contributed by atoms with Crippen molar-refractivity contribution in [3.63, 3.8) is 0 Å². The van der Waals surface area contributed by atoms with Crippen molar-refractivity contribution in [2.75, 3.05) is 6.61 Å². The van der Waals surface area contributed by atoms with Crippen molar-refractivity contribution in [3.05, 3.63) is 0 Å². The Hall–Kier alpha value is -1.67. The fourth-order valence-corrected chi connectivity index (χ4v) is 2.64. The Morgan fingerprint density at radius 1 is 0.960 bits per heavy atom. The molecule has 8 heteroatoms. The molecule has 1 saturated heterocycles. The van der Waals surface area contributed by atoms with Crippen LogP contribution in [0.4, 0.5) is 0 Å². The molecule has 1 aliphatic carbocycles. The molecule has 2 rings (SSSR count). The number of rotatable bonds is 7. The minimum absolute atomic E-state index is 0.0365. The Morgan fingerprint density at radius 3 is 1.84 bits per heavy atom. The Labute approximate surface area is 147 Å². The number of hydrogen-bond donors (Lipinski definition) is 0. The molecule has 1 unspecified atom stereocenters. The van der Waals surface area contributed by atoms with Crippen molar-refractivity contribution in [2.45, 2.75) is 71.7 Å².